The van der Waals surface area contributed by atoms with Crippen LogP contribution in [0.3, 0.4) is 0 Å². The molecule has 1 aliphatic heterocycles. The Labute approximate surface area is 85.6 Å². The molecule has 2 heteroatoms. The molecular weight excluding hydrogens is 177 g/mol. The van der Waals surface area contributed by atoms with Gasteiger partial charge in [0.1, 0.15) is 5.83 Å². The highest BCUT2D eigenvalue weighted by molar-refractivity contribution is 5.24. The average Bonchev–Trinajstić information content (AvgIpc) is 2.56. The van der Waals surface area contributed by atoms with Crippen LogP contribution in [0.25, 0.3) is 0 Å². The number of nitrogens with zero attached hydrogens (tertiary/aromatic N) is 1. The zero-order valence-corrected chi connectivity index (χ0v) is 8.80. The van der Waals surface area contributed by atoms with Gasteiger partial charge in [-0.15, -0.1) is 0 Å². The van der Waals surface area contributed by atoms with E-state index < -0.39 is 0 Å². The lowest BCUT2D eigenvalue weighted by Gasteiger charge is -2.13. The molecule has 0 amide bonds. The number of allylic oxidation sites excluding steroid dienone is 3. The summed E-state index contributed by atoms with van der Waals surface area (Å²) in [7, 11) is 0. The van der Waals surface area contributed by atoms with Gasteiger partial charge in [0.25, 0.3) is 0 Å². The number of rotatable bonds is 4. The summed E-state index contributed by atoms with van der Waals surface area (Å²) in [5, 5.41) is 0. The summed E-state index contributed by atoms with van der Waals surface area (Å²) in [6.45, 7) is 8.69. The third-order valence-corrected chi connectivity index (χ3v) is 2.29. The van der Waals surface area contributed by atoms with Gasteiger partial charge in [0.2, 0.25) is 0 Å². The Bertz CT molecular complexity index is 247. The molecule has 14 heavy (non-hydrogen) atoms. The zero-order valence-electron chi connectivity index (χ0n) is 8.80. The van der Waals surface area contributed by atoms with Crippen LogP contribution in [0.4, 0.5) is 4.39 Å². The molecule has 0 N–H and O–H groups in total. The number of hydrogen-bond donors (Lipinski definition) is 0. The minimum absolute atomic E-state index is 0.211. The first-order valence-corrected chi connectivity index (χ1v) is 5.12. The van der Waals surface area contributed by atoms with Crippen LogP contribution >= 0.6 is 0 Å². The van der Waals surface area contributed by atoms with Gasteiger partial charge in [-0.2, -0.15) is 0 Å². The van der Waals surface area contributed by atoms with Crippen molar-refractivity contribution < 1.29 is 4.39 Å². The van der Waals surface area contributed by atoms with Crippen molar-refractivity contribution in [2.75, 3.05) is 19.6 Å². The molecule has 0 atom stereocenters. The van der Waals surface area contributed by atoms with Crippen LogP contribution in [-0.4, -0.2) is 24.5 Å². The van der Waals surface area contributed by atoms with E-state index in [0.29, 0.717) is 0 Å². The summed E-state index contributed by atoms with van der Waals surface area (Å²) < 4.78 is 13.0. The van der Waals surface area contributed by atoms with Crippen molar-refractivity contribution in [3.63, 3.8) is 0 Å². The molecule has 0 aromatic carbocycles. The molecule has 0 bridgehead atoms. The molecule has 0 saturated carbocycles. The molecule has 1 heterocycles. The van der Waals surface area contributed by atoms with Gasteiger partial charge >= 0.3 is 0 Å². The molecular formula is C12H18FN. The highest BCUT2D eigenvalue weighted by Crippen LogP contribution is 2.11. The van der Waals surface area contributed by atoms with Crippen LogP contribution in [0, 0.1) is 0 Å². The van der Waals surface area contributed by atoms with Gasteiger partial charge in [-0.05, 0) is 50.6 Å². The van der Waals surface area contributed by atoms with Crippen molar-refractivity contribution in [2.24, 2.45) is 0 Å². The summed E-state index contributed by atoms with van der Waals surface area (Å²) in [5.74, 6) is -0.211. The van der Waals surface area contributed by atoms with Crippen molar-refractivity contribution in [3.05, 3.63) is 36.2 Å². The first-order chi connectivity index (χ1) is 6.72. The van der Waals surface area contributed by atoms with E-state index >= 15 is 0 Å². The first-order valence-electron chi connectivity index (χ1n) is 5.12. The van der Waals surface area contributed by atoms with Gasteiger partial charge in [-0.25, -0.2) is 4.39 Å². The monoisotopic (exact) mass is 195 g/mol. The Kier molecular flexibility index (Phi) is 4.60. The van der Waals surface area contributed by atoms with Crippen LogP contribution in [-0.2, 0) is 0 Å². The predicted molar refractivity (Wildman–Crippen MR) is 58.8 cm³/mol. The Balaban J connectivity index is 2.37. The minimum Gasteiger partial charge on any atom is -0.299 e. The predicted octanol–water partition coefficient (Wildman–Crippen LogP) is 3.07. The van der Waals surface area contributed by atoms with Crippen molar-refractivity contribution in [2.45, 2.75) is 19.8 Å². The molecule has 0 aromatic heterocycles. The lowest BCUT2D eigenvalue weighted by atomic mass is 10.2. The molecule has 1 fully saturated rings. The average molecular weight is 195 g/mol. The second-order valence-electron chi connectivity index (χ2n) is 3.67. The molecule has 1 saturated heterocycles. The van der Waals surface area contributed by atoms with Gasteiger partial charge < -0.3 is 0 Å². The molecule has 1 nitrogen and oxygen atoms in total. The van der Waals surface area contributed by atoms with E-state index in [0.717, 1.165) is 25.2 Å². The van der Waals surface area contributed by atoms with E-state index in [1.807, 2.05) is 0 Å². The maximum atomic E-state index is 13.0. The fraction of sp³-hybridized carbons (Fsp3) is 0.500. The Hall–Kier alpha value is -0.890. The SMILES string of the molecule is C=C(/C=C(F)\C=C/C)CN1CCCC1. The molecule has 78 valence electrons. The lowest BCUT2D eigenvalue weighted by molar-refractivity contribution is 0.371. The largest absolute Gasteiger partial charge is 0.299 e. The van der Waals surface area contributed by atoms with E-state index in [1.165, 1.54) is 25.0 Å². The molecule has 0 unspecified atom stereocenters. The van der Waals surface area contributed by atoms with Crippen LogP contribution in [0.1, 0.15) is 19.8 Å². The highest BCUT2D eigenvalue weighted by Gasteiger charge is 2.11. The third-order valence-electron chi connectivity index (χ3n) is 2.29. The molecule has 0 spiro atoms. The second-order valence-corrected chi connectivity index (χ2v) is 3.67. The van der Waals surface area contributed by atoms with Crippen molar-refractivity contribution >= 4 is 0 Å². The first kappa shape index (κ1) is 11.2. The minimum atomic E-state index is -0.211. The molecule has 0 radical (unpaired) electrons. The van der Waals surface area contributed by atoms with Crippen molar-refractivity contribution in [1.82, 2.24) is 4.90 Å². The van der Waals surface area contributed by atoms with Gasteiger partial charge in [-0.1, -0.05) is 12.7 Å². The standard InChI is InChI=1S/C12H18FN/c1-3-6-12(13)9-11(2)10-14-7-4-5-8-14/h3,6,9H,2,4-5,7-8,10H2,1H3/b6-3-,12-9+. The second kappa shape index (κ2) is 5.76. The maximum Gasteiger partial charge on any atom is 0.123 e. The van der Waals surface area contributed by atoms with Crippen LogP contribution in [0.15, 0.2) is 36.2 Å². The van der Waals surface area contributed by atoms with Gasteiger partial charge in [0.15, 0.2) is 0 Å². The summed E-state index contributed by atoms with van der Waals surface area (Å²) in [4.78, 5) is 2.31. The van der Waals surface area contributed by atoms with Crippen molar-refractivity contribution in [3.8, 4) is 0 Å². The fourth-order valence-corrected chi connectivity index (χ4v) is 1.68. The number of halogens is 1. The Morgan fingerprint density at radius 3 is 2.64 bits per heavy atom. The third kappa shape index (κ3) is 3.88. The molecule has 1 rings (SSSR count). The Morgan fingerprint density at radius 1 is 1.43 bits per heavy atom. The number of likely N-dealkylation sites (tertiary alicyclic amines) is 1. The highest BCUT2D eigenvalue weighted by atomic mass is 19.1. The van der Waals surface area contributed by atoms with Crippen LogP contribution in [0.2, 0.25) is 0 Å². The smallest absolute Gasteiger partial charge is 0.123 e. The summed E-state index contributed by atoms with van der Waals surface area (Å²) >= 11 is 0. The summed E-state index contributed by atoms with van der Waals surface area (Å²) in [6.07, 6.45) is 7.17. The molecule has 0 aliphatic carbocycles. The maximum absolute atomic E-state index is 13.0. The van der Waals surface area contributed by atoms with E-state index in [1.54, 1.807) is 13.0 Å². The topological polar surface area (TPSA) is 3.24 Å². The van der Waals surface area contributed by atoms with Gasteiger partial charge in [-0.3, -0.25) is 4.90 Å². The van der Waals surface area contributed by atoms with Crippen LogP contribution in [0.5, 0.6) is 0 Å². The van der Waals surface area contributed by atoms with E-state index in [4.69, 9.17) is 0 Å². The molecule has 0 aromatic rings. The molecule has 1 aliphatic rings. The zero-order chi connectivity index (χ0) is 10.4. The Morgan fingerprint density at radius 2 is 2.07 bits per heavy atom. The van der Waals surface area contributed by atoms with Gasteiger partial charge in [0, 0.05) is 6.54 Å². The lowest BCUT2D eigenvalue weighted by Crippen LogP contribution is -2.21. The fourth-order valence-electron chi connectivity index (χ4n) is 1.68. The van der Waals surface area contributed by atoms with Gasteiger partial charge in [0.05, 0.1) is 0 Å². The van der Waals surface area contributed by atoms with E-state index in [2.05, 4.69) is 11.5 Å². The van der Waals surface area contributed by atoms with E-state index in [9.17, 15) is 4.39 Å². The van der Waals surface area contributed by atoms with E-state index in [-0.39, 0.29) is 5.83 Å². The summed E-state index contributed by atoms with van der Waals surface area (Å²) in [6, 6.07) is 0. The van der Waals surface area contributed by atoms with Crippen molar-refractivity contribution in [1.29, 1.82) is 0 Å². The summed E-state index contributed by atoms with van der Waals surface area (Å²) in [5.41, 5.74) is 0.850. The normalized spacial score (nSPS) is 19.4. The number of hydrogen-bond acceptors (Lipinski definition) is 1. The quantitative estimate of drug-likeness (QED) is 0.623. The van der Waals surface area contributed by atoms with Crippen LogP contribution < -0.4 is 0 Å².